The van der Waals surface area contributed by atoms with Gasteiger partial charge in [0.1, 0.15) is 23.4 Å². The molecular weight excluding hydrogens is 292 g/mol. The minimum atomic E-state index is -0.810. The lowest BCUT2D eigenvalue weighted by Gasteiger charge is -2.38. The number of amides is 2. The molecule has 1 saturated heterocycles. The van der Waals surface area contributed by atoms with Crippen molar-refractivity contribution >= 4 is 11.7 Å². The molecule has 0 saturated carbocycles. The van der Waals surface area contributed by atoms with E-state index in [1.54, 1.807) is 24.4 Å². The van der Waals surface area contributed by atoms with Crippen molar-refractivity contribution in [1.29, 1.82) is 0 Å². The first-order chi connectivity index (χ1) is 10.6. The van der Waals surface area contributed by atoms with Gasteiger partial charge < -0.3 is 15.0 Å². The van der Waals surface area contributed by atoms with Gasteiger partial charge in [0.05, 0.1) is 13.1 Å². The number of halogens is 2. The SMILES string of the molecule is O=C(Nc1c(F)cccc1F)N1CC(Oc2ccccn2)C1. The van der Waals surface area contributed by atoms with Crippen molar-refractivity contribution in [1.82, 2.24) is 9.88 Å². The third-order valence-electron chi connectivity index (χ3n) is 3.26. The molecule has 0 bridgehead atoms. The number of aromatic nitrogens is 1. The van der Waals surface area contributed by atoms with E-state index in [1.165, 1.54) is 11.0 Å². The van der Waals surface area contributed by atoms with Crippen molar-refractivity contribution in [2.75, 3.05) is 18.4 Å². The predicted octanol–water partition coefficient (Wildman–Crippen LogP) is 2.65. The normalized spacial score (nSPS) is 14.4. The molecular formula is C15H13F2N3O2. The standard InChI is InChI=1S/C15H13F2N3O2/c16-11-4-3-5-12(17)14(11)19-15(21)20-8-10(9-20)22-13-6-1-2-7-18-13/h1-7,10H,8-9H2,(H,19,21). The fourth-order valence-corrected chi connectivity index (χ4v) is 2.07. The number of anilines is 1. The van der Waals surface area contributed by atoms with E-state index in [0.29, 0.717) is 19.0 Å². The van der Waals surface area contributed by atoms with Gasteiger partial charge in [-0.25, -0.2) is 18.6 Å². The zero-order chi connectivity index (χ0) is 15.5. The summed E-state index contributed by atoms with van der Waals surface area (Å²) in [6, 6.07) is 8.13. The molecule has 2 heterocycles. The summed E-state index contributed by atoms with van der Waals surface area (Å²) in [6.45, 7) is 0.664. The highest BCUT2D eigenvalue weighted by Crippen LogP contribution is 2.21. The highest BCUT2D eigenvalue weighted by atomic mass is 19.1. The number of pyridine rings is 1. The smallest absolute Gasteiger partial charge is 0.322 e. The Kier molecular flexibility index (Phi) is 3.86. The van der Waals surface area contributed by atoms with E-state index in [0.717, 1.165) is 12.1 Å². The molecule has 0 spiro atoms. The van der Waals surface area contributed by atoms with Crippen molar-refractivity contribution in [3.63, 3.8) is 0 Å². The zero-order valence-electron chi connectivity index (χ0n) is 11.5. The van der Waals surface area contributed by atoms with Gasteiger partial charge in [-0.05, 0) is 18.2 Å². The molecule has 1 aromatic carbocycles. The number of nitrogens with one attached hydrogen (secondary N) is 1. The van der Waals surface area contributed by atoms with Gasteiger partial charge >= 0.3 is 6.03 Å². The van der Waals surface area contributed by atoms with Crippen LogP contribution in [0.2, 0.25) is 0 Å². The summed E-state index contributed by atoms with van der Waals surface area (Å²) in [7, 11) is 0. The fourth-order valence-electron chi connectivity index (χ4n) is 2.07. The second kappa shape index (κ2) is 5.97. The highest BCUT2D eigenvalue weighted by Gasteiger charge is 2.33. The summed E-state index contributed by atoms with van der Waals surface area (Å²) in [5.74, 6) is -1.14. The molecule has 3 rings (SSSR count). The number of urea groups is 1. The van der Waals surface area contributed by atoms with Crippen LogP contribution in [0.15, 0.2) is 42.6 Å². The molecule has 7 heteroatoms. The number of benzene rings is 1. The maximum Gasteiger partial charge on any atom is 0.322 e. The average molecular weight is 305 g/mol. The van der Waals surface area contributed by atoms with E-state index in [9.17, 15) is 13.6 Å². The van der Waals surface area contributed by atoms with Crippen LogP contribution in [0, 0.1) is 11.6 Å². The van der Waals surface area contributed by atoms with Gasteiger partial charge in [-0.2, -0.15) is 0 Å². The predicted molar refractivity (Wildman–Crippen MR) is 75.6 cm³/mol. The van der Waals surface area contributed by atoms with Crippen molar-refractivity contribution in [3.8, 4) is 5.88 Å². The summed E-state index contributed by atoms with van der Waals surface area (Å²) >= 11 is 0. The first-order valence-electron chi connectivity index (χ1n) is 6.71. The summed E-state index contributed by atoms with van der Waals surface area (Å²) in [6.07, 6.45) is 1.44. The lowest BCUT2D eigenvalue weighted by molar-refractivity contribution is 0.0460. The summed E-state index contributed by atoms with van der Waals surface area (Å²) < 4.78 is 32.5. The number of rotatable bonds is 3. The Labute approximate surface area is 125 Å². The molecule has 1 fully saturated rings. The maximum absolute atomic E-state index is 13.5. The maximum atomic E-state index is 13.5. The minimum Gasteiger partial charge on any atom is -0.471 e. The molecule has 0 radical (unpaired) electrons. The van der Waals surface area contributed by atoms with E-state index in [-0.39, 0.29) is 6.10 Å². The number of carbonyl (C=O) groups excluding carboxylic acids is 1. The van der Waals surface area contributed by atoms with Gasteiger partial charge in [-0.15, -0.1) is 0 Å². The van der Waals surface area contributed by atoms with Crippen molar-refractivity contribution < 1.29 is 18.3 Å². The molecule has 2 aromatic rings. The molecule has 1 aromatic heterocycles. The van der Waals surface area contributed by atoms with Gasteiger partial charge in [0, 0.05) is 12.3 Å². The number of hydrogen-bond donors (Lipinski definition) is 1. The highest BCUT2D eigenvalue weighted by molar-refractivity contribution is 5.90. The summed E-state index contributed by atoms with van der Waals surface area (Å²) in [5.41, 5.74) is -0.443. The van der Waals surface area contributed by atoms with Crippen LogP contribution < -0.4 is 10.1 Å². The molecule has 2 amide bonds. The number of likely N-dealkylation sites (tertiary alicyclic amines) is 1. The minimum absolute atomic E-state index is 0.175. The first kappa shape index (κ1) is 14.2. The van der Waals surface area contributed by atoms with Gasteiger partial charge in [0.2, 0.25) is 5.88 Å². The quantitative estimate of drug-likeness (QED) is 0.948. The third-order valence-corrected chi connectivity index (χ3v) is 3.26. The Morgan fingerprint density at radius 2 is 1.91 bits per heavy atom. The molecule has 22 heavy (non-hydrogen) atoms. The van der Waals surface area contributed by atoms with Crippen LogP contribution in [0.4, 0.5) is 19.3 Å². The molecule has 0 unspecified atom stereocenters. The summed E-state index contributed by atoms with van der Waals surface area (Å²) in [5, 5.41) is 2.23. The second-order valence-electron chi connectivity index (χ2n) is 4.84. The van der Waals surface area contributed by atoms with Crippen LogP contribution in [-0.2, 0) is 0 Å². The number of para-hydroxylation sites is 1. The van der Waals surface area contributed by atoms with E-state index in [2.05, 4.69) is 10.3 Å². The molecule has 0 atom stereocenters. The van der Waals surface area contributed by atoms with Gasteiger partial charge in [0.15, 0.2) is 0 Å². The molecule has 0 aliphatic carbocycles. The average Bonchev–Trinajstić information content (AvgIpc) is 2.47. The summed E-state index contributed by atoms with van der Waals surface area (Å²) in [4.78, 5) is 17.3. The molecule has 1 aliphatic rings. The van der Waals surface area contributed by atoms with Crippen LogP contribution in [-0.4, -0.2) is 35.1 Å². The van der Waals surface area contributed by atoms with E-state index < -0.39 is 23.4 Å². The van der Waals surface area contributed by atoms with Crippen LogP contribution in [0.3, 0.4) is 0 Å². The molecule has 1 N–H and O–H groups in total. The zero-order valence-corrected chi connectivity index (χ0v) is 11.5. The van der Waals surface area contributed by atoms with Crippen LogP contribution in [0.1, 0.15) is 0 Å². The van der Waals surface area contributed by atoms with Crippen LogP contribution in [0.25, 0.3) is 0 Å². The second-order valence-corrected chi connectivity index (χ2v) is 4.84. The Balaban J connectivity index is 1.53. The molecule has 114 valence electrons. The Morgan fingerprint density at radius 3 is 2.55 bits per heavy atom. The van der Waals surface area contributed by atoms with Gasteiger partial charge in [0.25, 0.3) is 0 Å². The van der Waals surface area contributed by atoms with Crippen molar-refractivity contribution in [3.05, 3.63) is 54.2 Å². The topological polar surface area (TPSA) is 54.5 Å². The lowest BCUT2D eigenvalue weighted by atomic mass is 10.2. The van der Waals surface area contributed by atoms with Gasteiger partial charge in [-0.3, -0.25) is 0 Å². The van der Waals surface area contributed by atoms with Crippen LogP contribution >= 0.6 is 0 Å². The third kappa shape index (κ3) is 2.98. The Morgan fingerprint density at radius 1 is 1.18 bits per heavy atom. The van der Waals surface area contributed by atoms with E-state index in [4.69, 9.17) is 4.74 Å². The van der Waals surface area contributed by atoms with Gasteiger partial charge in [-0.1, -0.05) is 12.1 Å². The van der Waals surface area contributed by atoms with Crippen LogP contribution in [0.5, 0.6) is 5.88 Å². The largest absolute Gasteiger partial charge is 0.471 e. The number of carbonyl (C=O) groups is 1. The molecule has 5 nitrogen and oxygen atoms in total. The van der Waals surface area contributed by atoms with E-state index >= 15 is 0 Å². The number of ether oxygens (including phenoxy) is 1. The van der Waals surface area contributed by atoms with Crippen molar-refractivity contribution in [2.24, 2.45) is 0 Å². The first-order valence-corrected chi connectivity index (χ1v) is 6.71. The van der Waals surface area contributed by atoms with Crippen molar-refractivity contribution in [2.45, 2.75) is 6.10 Å². The number of hydrogen-bond acceptors (Lipinski definition) is 3. The fraction of sp³-hybridized carbons (Fsp3) is 0.200. The molecule has 1 aliphatic heterocycles. The number of nitrogens with zero attached hydrogens (tertiary/aromatic N) is 2. The Bertz CT molecular complexity index is 655. The lowest BCUT2D eigenvalue weighted by Crippen LogP contribution is -2.57. The Hall–Kier alpha value is -2.70. The van der Waals surface area contributed by atoms with E-state index in [1.807, 2.05) is 0 Å². The monoisotopic (exact) mass is 305 g/mol.